The second-order valence-corrected chi connectivity index (χ2v) is 6.31. The second-order valence-electron chi connectivity index (χ2n) is 5.26. The highest BCUT2D eigenvalue weighted by molar-refractivity contribution is 8.00. The van der Waals surface area contributed by atoms with Crippen LogP contribution in [-0.2, 0) is 4.79 Å². The summed E-state index contributed by atoms with van der Waals surface area (Å²) in [5.41, 5.74) is 1.51. The van der Waals surface area contributed by atoms with Crippen LogP contribution in [-0.4, -0.2) is 17.4 Å². The van der Waals surface area contributed by atoms with Crippen LogP contribution < -0.4 is 5.32 Å². The number of Topliss-reactive ketones (excluding diaryl/α,β-unsaturated/α-hetero) is 1. The zero-order chi connectivity index (χ0) is 16.5. The van der Waals surface area contributed by atoms with Gasteiger partial charge in [0, 0.05) is 22.6 Å². The molecule has 4 heteroatoms. The van der Waals surface area contributed by atoms with Gasteiger partial charge in [0.1, 0.15) is 0 Å². The lowest BCUT2D eigenvalue weighted by Gasteiger charge is -2.07. The predicted octanol–water partition coefficient (Wildman–Crippen LogP) is 4.79. The van der Waals surface area contributed by atoms with Gasteiger partial charge in [0.25, 0.3) is 0 Å². The van der Waals surface area contributed by atoms with Gasteiger partial charge in [-0.3, -0.25) is 9.59 Å². The third-order valence-corrected chi connectivity index (χ3v) is 4.33. The first-order valence-corrected chi connectivity index (χ1v) is 8.78. The van der Waals surface area contributed by atoms with Crippen molar-refractivity contribution < 1.29 is 9.59 Å². The number of amides is 1. The van der Waals surface area contributed by atoms with Gasteiger partial charge in [0.15, 0.2) is 5.78 Å². The van der Waals surface area contributed by atoms with E-state index in [4.69, 9.17) is 0 Å². The van der Waals surface area contributed by atoms with Gasteiger partial charge in [-0.2, -0.15) is 0 Å². The summed E-state index contributed by atoms with van der Waals surface area (Å²) in [5, 5.41) is 2.90. The molecule has 23 heavy (non-hydrogen) atoms. The third-order valence-electron chi connectivity index (χ3n) is 3.34. The van der Waals surface area contributed by atoms with Crippen molar-refractivity contribution in [3.05, 3.63) is 60.2 Å². The summed E-state index contributed by atoms with van der Waals surface area (Å²) in [6.45, 7) is 2.06. The lowest BCUT2D eigenvalue weighted by molar-refractivity contribution is -0.116. The van der Waals surface area contributed by atoms with Gasteiger partial charge in [-0.25, -0.2) is 0 Å². The number of thioether (sulfide) groups is 1. The van der Waals surface area contributed by atoms with E-state index in [-0.39, 0.29) is 11.7 Å². The summed E-state index contributed by atoms with van der Waals surface area (Å²) in [5.74, 6) is 0.527. The number of nitrogens with one attached hydrogen (secondary N) is 1. The fraction of sp³-hybridized carbons (Fsp3) is 0.263. The number of hydrogen-bond donors (Lipinski definition) is 1. The van der Waals surface area contributed by atoms with Crippen LogP contribution in [0.2, 0.25) is 0 Å². The van der Waals surface area contributed by atoms with E-state index in [1.165, 1.54) is 11.8 Å². The van der Waals surface area contributed by atoms with E-state index in [0.717, 1.165) is 29.0 Å². The summed E-state index contributed by atoms with van der Waals surface area (Å²) in [4.78, 5) is 24.8. The quantitative estimate of drug-likeness (QED) is 0.560. The van der Waals surface area contributed by atoms with Crippen LogP contribution >= 0.6 is 11.8 Å². The maximum Gasteiger partial charge on any atom is 0.224 e. The number of rotatable bonds is 8. The molecule has 0 saturated heterocycles. The van der Waals surface area contributed by atoms with E-state index in [2.05, 4.69) is 12.2 Å². The summed E-state index contributed by atoms with van der Waals surface area (Å²) in [6, 6.07) is 16.9. The maximum atomic E-state index is 12.1. The van der Waals surface area contributed by atoms with Crippen LogP contribution in [0.15, 0.2) is 59.5 Å². The molecule has 0 saturated carbocycles. The van der Waals surface area contributed by atoms with Crippen LogP contribution in [0.5, 0.6) is 0 Å². The first-order chi connectivity index (χ1) is 11.2. The number of carbonyl (C=O) groups is 2. The highest BCUT2D eigenvalue weighted by atomic mass is 32.2. The molecule has 2 aromatic carbocycles. The molecule has 0 aliphatic rings. The molecule has 0 spiro atoms. The van der Waals surface area contributed by atoms with Gasteiger partial charge in [-0.05, 0) is 24.6 Å². The Hall–Kier alpha value is -2.07. The SMILES string of the molecule is CCCCC(=O)Nc1cccc(SCC(=O)c2ccccc2)c1. The Morgan fingerprint density at radius 2 is 1.83 bits per heavy atom. The summed E-state index contributed by atoms with van der Waals surface area (Å²) in [7, 11) is 0. The van der Waals surface area contributed by atoms with Crippen molar-refractivity contribution in [1.82, 2.24) is 0 Å². The molecule has 0 aliphatic carbocycles. The zero-order valence-electron chi connectivity index (χ0n) is 13.2. The van der Waals surface area contributed by atoms with Crippen molar-refractivity contribution in [2.75, 3.05) is 11.1 Å². The average Bonchev–Trinajstić information content (AvgIpc) is 2.59. The fourth-order valence-electron chi connectivity index (χ4n) is 2.08. The molecule has 0 radical (unpaired) electrons. The van der Waals surface area contributed by atoms with Crippen molar-refractivity contribution in [3.8, 4) is 0 Å². The van der Waals surface area contributed by atoms with Gasteiger partial charge in [-0.15, -0.1) is 11.8 Å². The first kappa shape index (κ1) is 17.3. The lowest BCUT2D eigenvalue weighted by Crippen LogP contribution is -2.10. The van der Waals surface area contributed by atoms with Crippen LogP contribution in [0.4, 0.5) is 5.69 Å². The molecule has 2 rings (SSSR count). The number of unbranched alkanes of at least 4 members (excludes halogenated alkanes) is 1. The molecule has 0 aromatic heterocycles. The molecule has 120 valence electrons. The van der Waals surface area contributed by atoms with E-state index in [1.54, 1.807) is 0 Å². The van der Waals surface area contributed by atoms with E-state index in [9.17, 15) is 9.59 Å². The normalized spacial score (nSPS) is 10.3. The van der Waals surface area contributed by atoms with Crippen molar-refractivity contribution in [2.24, 2.45) is 0 Å². The van der Waals surface area contributed by atoms with Crippen molar-refractivity contribution in [1.29, 1.82) is 0 Å². The van der Waals surface area contributed by atoms with Crippen molar-refractivity contribution >= 4 is 29.1 Å². The summed E-state index contributed by atoms with van der Waals surface area (Å²) in [6.07, 6.45) is 2.44. The molecule has 1 N–H and O–H groups in total. The Morgan fingerprint density at radius 1 is 1.04 bits per heavy atom. The zero-order valence-corrected chi connectivity index (χ0v) is 14.1. The fourth-order valence-corrected chi connectivity index (χ4v) is 2.93. The molecule has 0 unspecified atom stereocenters. The van der Waals surface area contributed by atoms with E-state index >= 15 is 0 Å². The molecule has 3 nitrogen and oxygen atoms in total. The topological polar surface area (TPSA) is 46.2 Å². The lowest BCUT2D eigenvalue weighted by atomic mass is 10.2. The van der Waals surface area contributed by atoms with Crippen LogP contribution in [0.3, 0.4) is 0 Å². The standard InChI is InChI=1S/C19H21NO2S/c1-2-3-12-19(22)20-16-10-7-11-17(13-16)23-14-18(21)15-8-5-4-6-9-15/h4-11,13H,2-3,12,14H2,1H3,(H,20,22). The Kier molecular flexibility index (Phi) is 6.88. The smallest absolute Gasteiger partial charge is 0.224 e. The molecule has 0 heterocycles. The number of hydrogen-bond acceptors (Lipinski definition) is 3. The summed E-state index contributed by atoms with van der Waals surface area (Å²) >= 11 is 1.48. The minimum Gasteiger partial charge on any atom is -0.326 e. The van der Waals surface area contributed by atoms with Crippen molar-refractivity contribution in [2.45, 2.75) is 31.1 Å². The highest BCUT2D eigenvalue weighted by Gasteiger charge is 2.07. The van der Waals surface area contributed by atoms with Gasteiger partial charge >= 0.3 is 0 Å². The minimum atomic E-state index is 0.0364. The van der Waals surface area contributed by atoms with Crippen LogP contribution in [0.25, 0.3) is 0 Å². The highest BCUT2D eigenvalue weighted by Crippen LogP contribution is 2.23. The third kappa shape index (κ3) is 5.91. The first-order valence-electron chi connectivity index (χ1n) is 7.80. The Labute approximate surface area is 141 Å². The largest absolute Gasteiger partial charge is 0.326 e. The van der Waals surface area contributed by atoms with Crippen LogP contribution in [0.1, 0.15) is 36.5 Å². The molecule has 0 aliphatic heterocycles. The van der Waals surface area contributed by atoms with E-state index in [0.29, 0.717) is 12.2 Å². The second kappa shape index (κ2) is 9.16. The maximum absolute atomic E-state index is 12.1. The molecule has 1 amide bonds. The number of ketones is 1. The Bertz CT molecular complexity index is 655. The monoisotopic (exact) mass is 327 g/mol. The molecule has 0 fully saturated rings. The Morgan fingerprint density at radius 3 is 2.57 bits per heavy atom. The van der Waals surface area contributed by atoms with Gasteiger partial charge in [0.2, 0.25) is 5.91 Å². The van der Waals surface area contributed by atoms with Gasteiger partial charge in [-0.1, -0.05) is 49.7 Å². The number of anilines is 1. The summed E-state index contributed by atoms with van der Waals surface area (Å²) < 4.78 is 0. The Balaban J connectivity index is 1.90. The molecular formula is C19H21NO2S. The molecule has 0 atom stereocenters. The van der Waals surface area contributed by atoms with E-state index < -0.39 is 0 Å². The van der Waals surface area contributed by atoms with E-state index in [1.807, 2.05) is 54.6 Å². The number of carbonyl (C=O) groups excluding carboxylic acids is 2. The molecule has 2 aromatic rings. The number of benzene rings is 2. The average molecular weight is 327 g/mol. The van der Waals surface area contributed by atoms with Gasteiger partial charge in [0.05, 0.1) is 5.75 Å². The molecular weight excluding hydrogens is 306 g/mol. The van der Waals surface area contributed by atoms with Gasteiger partial charge < -0.3 is 5.32 Å². The van der Waals surface area contributed by atoms with Crippen LogP contribution in [0, 0.1) is 0 Å². The minimum absolute atomic E-state index is 0.0364. The predicted molar refractivity (Wildman–Crippen MR) is 96.1 cm³/mol. The van der Waals surface area contributed by atoms with Crippen molar-refractivity contribution in [3.63, 3.8) is 0 Å². The molecule has 0 bridgehead atoms.